The first-order valence-corrected chi connectivity index (χ1v) is 11.9. The van der Waals surface area contributed by atoms with Gasteiger partial charge in [-0.25, -0.2) is 0 Å². The minimum absolute atomic E-state index is 0.0168. The van der Waals surface area contributed by atoms with Gasteiger partial charge in [-0.3, -0.25) is 4.79 Å². The molecule has 1 fully saturated rings. The van der Waals surface area contributed by atoms with Crippen molar-refractivity contribution in [2.75, 3.05) is 0 Å². The SMILES string of the molecule is CCc1ccc(-c2ccc(Cl)cc2)cc1C1=C(O)[C@@]2(C)C[C@H](c3ccc(Cl)cc3)[C@@H](O2)C1=O. The molecule has 3 atom stereocenters. The number of ether oxygens (including phenoxy) is 1. The van der Waals surface area contributed by atoms with Crippen LogP contribution in [0.4, 0.5) is 0 Å². The molecule has 0 saturated carbocycles. The van der Waals surface area contributed by atoms with E-state index in [2.05, 4.69) is 6.92 Å². The van der Waals surface area contributed by atoms with Gasteiger partial charge in [0.2, 0.25) is 0 Å². The number of ketones is 1. The van der Waals surface area contributed by atoms with E-state index in [1.54, 1.807) is 0 Å². The third-order valence-electron chi connectivity index (χ3n) is 6.84. The number of fused-ring (bicyclic) bond motifs is 2. The van der Waals surface area contributed by atoms with E-state index in [-0.39, 0.29) is 17.5 Å². The number of hydrogen-bond acceptors (Lipinski definition) is 3. The summed E-state index contributed by atoms with van der Waals surface area (Å²) in [4.78, 5) is 13.8. The van der Waals surface area contributed by atoms with E-state index in [1.807, 2.05) is 73.7 Å². The molecular formula is C28H24Cl2O3. The molecule has 3 aromatic carbocycles. The molecule has 1 saturated heterocycles. The summed E-state index contributed by atoms with van der Waals surface area (Å²) in [6.45, 7) is 3.92. The van der Waals surface area contributed by atoms with E-state index in [1.165, 1.54) is 0 Å². The summed E-state index contributed by atoms with van der Waals surface area (Å²) in [5.74, 6) is -0.308. The molecule has 0 aliphatic carbocycles. The first-order chi connectivity index (χ1) is 15.8. The zero-order chi connectivity index (χ0) is 23.3. The quantitative estimate of drug-likeness (QED) is 0.424. The number of aliphatic hydroxyl groups is 1. The van der Waals surface area contributed by atoms with Gasteiger partial charge in [-0.05, 0) is 77.9 Å². The van der Waals surface area contributed by atoms with Crippen LogP contribution >= 0.6 is 23.2 Å². The lowest BCUT2D eigenvalue weighted by molar-refractivity contribution is -0.131. The molecule has 0 radical (unpaired) electrons. The summed E-state index contributed by atoms with van der Waals surface area (Å²) in [5.41, 5.74) is 4.18. The van der Waals surface area contributed by atoms with Gasteiger partial charge in [0.25, 0.3) is 0 Å². The topological polar surface area (TPSA) is 46.5 Å². The van der Waals surface area contributed by atoms with Crippen LogP contribution in [0.3, 0.4) is 0 Å². The van der Waals surface area contributed by atoms with Crippen molar-refractivity contribution in [3.63, 3.8) is 0 Å². The summed E-state index contributed by atoms with van der Waals surface area (Å²) in [6, 6.07) is 21.2. The van der Waals surface area contributed by atoms with Crippen LogP contribution in [0.25, 0.3) is 16.7 Å². The average molecular weight is 479 g/mol. The molecule has 3 nitrogen and oxygen atoms in total. The molecule has 168 valence electrons. The van der Waals surface area contributed by atoms with Crippen LogP contribution in [0.2, 0.25) is 10.0 Å². The lowest BCUT2D eigenvalue weighted by Gasteiger charge is -2.31. The predicted octanol–water partition coefficient (Wildman–Crippen LogP) is 7.41. The van der Waals surface area contributed by atoms with Crippen molar-refractivity contribution in [1.29, 1.82) is 0 Å². The summed E-state index contributed by atoms with van der Waals surface area (Å²) in [7, 11) is 0. The summed E-state index contributed by atoms with van der Waals surface area (Å²) >= 11 is 12.1. The normalized spacial score (nSPS) is 24.4. The van der Waals surface area contributed by atoms with Crippen molar-refractivity contribution in [1.82, 2.24) is 0 Å². The maximum Gasteiger partial charge on any atom is 0.196 e. The molecule has 2 heterocycles. The highest BCUT2D eigenvalue weighted by Gasteiger charge is 2.55. The number of carbonyl (C=O) groups excluding carboxylic acids is 1. The highest BCUT2D eigenvalue weighted by Crippen LogP contribution is 2.51. The van der Waals surface area contributed by atoms with Gasteiger partial charge in [0.05, 0.1) is 5.57 Å². The van der Waals surface area contributed by atoms with Gasteiger partial charge in [-0.1, -0.05) is 66.5 Å². The Hall–Kier alpha value is -2.59. The number of benzene rings is 3. The van der Waals surface area contributed by atoms with E-state index >= 15 is 0 Å². The second-order valence-corrected chi connectivity index (χ2v) is 9.82. The van der Waals surface area contributed by atoms with E-state index in [4.69, 9.17) is 27.9 Å². The lowest BCUT2D eigenvalue weighted by atomic mass is 9.86. The molecule has 0 aromatic heterocycles. The number of carbonyl (C=O) groups is 1. The molecule has 1 N–H and O–H groups in total. The Kier molecular flexibility index (Phi) is 5.60. The Morgan fingerprint density at radius 3 is 2.21 bits per heavy atom. The fourth-order valence-corrected chi connectivity index (χ4v) is 5.30. The van der Waals surface area contributed by atoms with Gasteiger partial charge in [0, 0.05) is 16.0 Å². The molecule has 0 spiro atoms. The number of Topliss-reactive ketones (excluding diaryl/α,β-unsaturated/α-hetero) is 1. The molecule has 0 amide bonds. The minimum Gasteiger partial charge on any atom is -0.508 e. The smallest absolute Gasteiger partial charge is 0.196 e. The van der Waals surface area contributed by atoms with E-state index in [9.17, 15) is 9.90 Å². The van der Waals surface area contributed by atoms with Gasteiger partial charge >= 0.3 is 0 Å². The van der Waals surface area contributed by atoms with Gasteiger partial charge in [0.15, 0.2) is 5.78 Å². The number of rotatable bonds is 4. The van der Waals surface area contributed by atoms with Crippen molar-refractivity contribution >= 4 is 34.6 Å². The summed E-state index contributed by atoms with van der Waals surface area (Å²) in [6.07, 6.45) is 0.618. The molecule has 0 unspecified atom stereocenters. The zero-order valence-corrected chi connectivity index (χ0v) is 20.0. The second-order valence-electron chi connectivity index (χ2n) is 8.95. The fraction of sp³-hybridized carbons (Fsp3) is 0.250. The molecule has 5 rings (SSSR count). The van der Waals surface area contributed by atoms with Crippen LogP contribution in [0.1, 0.15) is 42.9 Å². The minimum atomic E-state index is -0.917. The van der Waals surface area contributed by atoms with Crippen LogP contribution in [-0.2, 0) is 16.0 Å². The number of halogens is 2. The Morgan fingerprint density at radius 1 is 0.970 bits per heavy atom. The van der Waals surface area contributed by atoms with E-state index < -0.39 is 11.7 Å². The predicted molar refractivity (Wildman–Crippen MR) is 133 cm³/mol. The van der Waals surface area contributed by atoms with Crippen LogP contribution < -0.4 is 0 Å². The van der Waals surface area contributed by atoms with E-state index in [0.717, 1.165) is 34.2 Å². The maximum absolute atomic E-state index is 13.8. The first kappa shape index (κ1) is 22.2. The molecule has 5 heteroatoms. The van der Waals surface area contributed by atoms with Crippen molar-refractivity contribution in [3.05, 3.63) is 99.2 Å². The van der Waals surface area contributed by atoms with Crippen molar-refractivity contribution in [2.45, 2.75) is 44.3 Å². The Bertz CT molecular complexity index is 1260. The highest BCUT2D eigenvalue weighted by atomic mass is 35.5. The van der Waals surface area contributed by atoms with E-state index in [0.29, 0.717) is 22.0 Å². The van der Waals surface area contributed by atoms with Crippen LogP contribution in [0, 0.1) is 0 Å². The highest BCUT2D eigenvalue weighted by molar-refractivity contribution is 6.31. The largest absolute Gasteiger partial charge is 0.508 e. The fourth-order valence-electron chi connectivity index (χ4n) is 5.05. The Morgan fingerprint density at radius 2 is 1.58 bits per heavy atom. The molecular weight excluding hydrogens is 455 g/mol. The maximum atomic E-state index is 13.8. The monoisotopic (exact) mass is 478 g/mol. The number of hydrogen-bond donors (Lipinski definition) is 1. The number of aliphatic hydroxyl groups excluding tert-OH is 1. The van der Waals surface area contributed by atoms with Gasteiger partial charge in [-0.15, -0.1) is 0 Å². The molecule has 2 aliphatic heterocycles. The molecule has 2 bridgehead atoms. The summed E-state index contributed by atoms with van der Waals surface area (Å²) in [5, 5.41) is 12.7. The molecule has 2 aliphatic rings. The van der Waals surface area contributed by atoms with Crippen LogP contribution in [0.5, 0.6) is 0 Å². The van der Waals surface area contributed by atoms with Crippen molar-refractivity contribution in [2.24, 2.45) is 0 Å². The standard InChI is InChI=1S/C28H24Cl2O3/c1-3-16-4-5-19(17-6-10-20(29)11-7-17)14-22(16)24-25(31)26-23(15-28(2,33-26)27(24)32)18-8-12-21(30)13-9-18/h4-14,23,26,32H,3,15H2,1-2H3/t23-,26-,28-/m1/s1. The lowest BCUT2D eigenvalue weighted by Crippen LogP contribution is -2.38. The average Bonchev–Trinajstić information content (AvgIpc) is 3.15. The van der Waals surface area contributed by atoms with Gasteiger partial charge in [0.1, 0.15) is 17.5 Å². The van der Waals surface area contributed by atoms with Crippen molar-refractivity contribution < 1.29 is 14.6 Å². The third kappa shape index (κ3) is 3.78. The summed E-state index contributed by atoms with van der Waals surface area (Å²) < 4.78 is 6.15. The van der Waals surface area contributed by atoms with Gasteiger partial charge < -0.3 is 9.84 Å². The van der Waals surface area contributed by atoms with Crippen molar-refractivity contribution in [3.8, 4) is 11.1 Å². The molecule has 3 aromatic rings. The Balaban J connectivity index is 1.61. The first-order valence-electron chi connectivity index (χ1n) is 11.1. The third-order valence-corrected chi connectivity index (χ3v) is 7.34. The molecule has 33 heavy (non-hydrogen) atoms. The Labute approximate surface area is 203 Å². The van der Waals surface area contributed by atoms with Gasteiger partial charge in [-0.2, -0.15) is 0 Å². The van der Waals surface area contributed by atoms with Crippen LogP contribution in [0.15, 0.2) is 72.5 Å². The number of aryl methyl sites for hydroxylation is 1. The van der Waals surface area contributed by atoms with Crippen LogP contribution in [-0.4, -0.2) is 22.6 Å². The second kappa shape index (κ2) is 8.32. The zero-order valence-electron chi connectivity index (χ0n) is 18.4.